The third-order valence-corrected chi connectivity index (χ3v) is 5.59. The molecule has 5 aromatic rings. The Morgan fingerprint density at radius 3 is 1.50 bits per heavy atom. The van der Waals surface area contributed by atoms with Crippen LogP contribution in [0.3, 0.4) is 0 Å². The van der Waals surface area contributed by atoms with E-state index in [-0.39, 0.29) is 11.6 Å². The van der Waals surface area contributed by atoms with E-state index in [0.29, 0.717) is 39.5 Å². The SMILES string of the molecule is O=C(c1ccc(Oc2ccccc2)cc1)c1ccc(Oc2ccccc2)c(C(=O)c2ccccc2)c1. The van der Waals surface area contributed by atoms with Gasteiger partial charge in [0.15, 0.2) is 11.6 Å². The summed E-state index contributed by atoms with van der Waals surface area (Å²) < 4.78 is 11.8. The van der Waals surface area contributed by atoms with Gasteiger partial charge >= 0.3 is 0 Å². The fourth-order valence-corrected chi connectivity index (χ4v) is 3.76. The molecule has 0 spiro atoms. The number of rotatable bonds is 8. The van der Waals surface area contributed by atoms with Crippen LogP contribution in [0.5, 0.6) is 23.0 Å². The number of carbonyl (C=O) groups is 2. The normalized spacial score (nSPS) is 10.4. The van der Waals surface area contributed by atoms with Gasteiger partial charge in [-0.25, -0.2) is 0 Å². The summed E-state index contributed by atoms with van der Waals surface area (Å²) in [5, 5.41) is 0. The molecular weight excluding hydrogens is 448 g/mol. The van der Waals surface area contributed by atoms with E-state index in [1.807, 2.05) is 66.7 Å². The highest BCUT2D eigenvalue weighted by atomic mass is 16.5. The molecule has 0 aromatic heterocycles. The molecule has 0 unspecified atom stereocenters. The van der Waals surface area contributed by atoms with E-state index in [4.69, 9.17) is 9.47 Å². The summed E-state index contributed by atoms with van der Waals surface area (Å²) in [7, 11) is 0. The zero-order valence-corrected chi connectivity index (χ0v) is 19.3. The molecule has 174 valence electrons. The van der Waals surface area contributed by atoms with Gasteiger partial charge in [-0.3, -0.25) is 9.59 Å². The Kier molecular flexibility index (Phi) is 6.68. The maximum absolute atomic E-state index is 13.4. The molecule has 4 heteroatoms. The largest absolute Gasteiger partial charge is 0.457 e. The Balaban J connectivity index is 1.44. The lowest BCUT2D eigenvalue weighted by Crippen LogP contribution is -2.08. The van der Waals surface area contributed by atoms with Gasteiger partial charge < -0.3 is 9.47 Å². The lowest BCUT2D eigenvalue weighted by molar-refractivity contribution is 0.103. The molecule has 0 fully saturated rings. The van der Waals surface area contributed by atoms with Crippen molar-refractivity contribution in [2.45, 2.75) is 0 Å². The second-order valence-electron chi connectivity index (χ2n) is 8.09. The number of hydrogen-bond donors (Lipinski definition) is 0. The number of carbonyl (C=O) groups excluding carboxylic acids is 2. The Hall–Kier alpha value is -4.96. The predicted molar refractivity (Wildman–Crippen MR) is 139 cm³/mol. The van der Waals surface area contributed by atoms with E-state index in [1.165, 1.54) is 0 Å². The second-order valence-corrected chi connectivity index (χ2v) is 8.09. The summed E-state index contributed by atoms with van der Waals surface area (Å²) in [4.78, 5) is 26.7. The molecular formula is C32H22O4. The summed E-state index contributed by atoms with van der Waals surface area (Å²) in [6.07, 6.45) is 0. The Morgan fingerprint density at radius 2 is 0.889 bits per heavy atom. The monoisotopic (exact) mass is 470 g/mol. The zero-order chi connectivity index (χ0) is 24.7. The van der Waals surface area contributed by atoms with Crippen molar-refractivity contribution in [2.75, 3.05) is 0 Å². The first-order valence-electron chi connectivity index (χ1n) is 11.5. The minimum absolute atomic E-state index is 0.199. The van der Waals surface area contributed by atoms with Crippen molar-refractivity contribution >= 4 is 11.6 Å². The fourth-order valence-electron chi connectivity index (χ4n) is 3.76. The highest BCUT2D eigenvalue weighted by Crippen LogP contribution is 2.30. The Labute approximate surface area is 209 Å². The molecule has 0 aliphatic heterocycles. The lowest BCUT2D eigenvalue weighted by Gasteiger charge is -2.13. The van der Waals surface area contributed by atoms with Crippen LogP contribution in [-0.4, -0.2) is 11.6 Å². The van der Waals surface area contributed by atoms with Gasteiger partial charge in [0, 0.05) is 16.7 Å². The van der Waals surface area contributed by atoms with Crippen molar-refractivity contribution in [1.29, 1.82) is 0 Å². The molecule has 0 amide bonds. The molecule has 0 N–H and O–H groups in total. The molecule has 0 aliphatic rings. The van der Waals surface area contributed by atoms with E-state index in [0.717, 1.165) is 5.75 Å². The number of para-hydroxylation sites is 2. The maximum Gasteiger partial charge on any atom is 0.196 e. The third kappa shape index (κ3) is 5.24. The van der Waals surface area contributed by atoms with E-state index in [2.05, 4.69) is 0 Å². The second kappa shape index (κ2) is 10.5. The van der Waals surface area contributed by atoms with E-state index >= 15 is 0 Å². The van der Waals surface area contributed by atoms with Crippen LogP contribution in [0.2, 0.25) is 0 Å². The van der Waals surface area contributed by atoms with Gasteiger partial charge in [-0.15, -0.1) is 0 Å². The highest BCUT2D eigenvalue weighted by molar-refractivity contribution is 6.14. The summed E-state index contributed by atoms with van der Waals surface area (Å²) >= 11 is 0. The zero-order valence-electron chi connectivity index (χ0n) is 19.3. The summed E-state index contributed by atoms with van der Waals surface area (Å²) in [5.74, 6) is 1.92. The van der Waals surface area contributed by atoms with E-state index in [1.54, 1.807) is 66.7 Å². The maximum atomic E-state index is 13.4. The number of benzene rings is 5. The number of hydrogen-bond acceptors (Lipinski definition) is 4. The molecule has 0 bridgehead atoms. The topological polar surface area (TPSA) is 52.6 Å². The van der Waals surface area contributed by atoms with Gasteiger partial charge in [0.05, 0.1) is 5.56 Å². The molecule has 0 saturated carbocycles. The predicted octanol–water partition coefficient (Wildman–Crippen LogP) is 7.73. The summed E-state index contributed by atoms with van der Waals surface area (Å²) in [6, 6.07) is 39.5. The van der Waals surface area contributed by atoms with Crippen molar-refractivity contribution in [3.8, 4) is 23.0 Å². The van der Waals surface area contributed by atoms with Crippen molar-refractivity contribution < 1.29 is 19.1 Å². The van der Waals surface area contributed by atoms with Crippen molar-refractivity contribution in [2.24, 2.45) is 0 Å². The van der Waals surface area contributed by atoms with Crippen molar-refractivity contribution in [3.63, 3.8) is 0 Å². The molecule has 0 saturated heterocycles. The standard InChI is InChI=1S/C32H22O4/c33-31(24-16-19-28(20-17-24)35-26-12-6-2-7-13-26)25-18-21-30(36-27-14-8-3-9-15-27)29(22-25)32(34)23-10-4-1-5-11-23/h1-22H. The summed E-state index contributed by atoms with van der Waals surface area (Å²) in [5.41, 5.74) is 1.72. The van der Waals surface area contributed by atoms with Crippen molar-refractivity contribution in [3.05, 3.63) is 156 Å². The number of ether oxygens (including phenoxy) is 2. The van der Waals surface area contributed by atoms with Crippen LogP contribution in [0.15, 0.2) is 133 Å². The molecule has 0 heterocycles. The van der Waals surface area contributed by atoms with Gasteiger partial charge in [0.25, 0.3) is 0 Å². The minimum atomic E-state index is -0.220. The third-order valence-electron chi connectivity index (χ3n) is 5.59. The molecule has 5 aromatic carbocycles. The van der Waals surface area contributed by atoms with Crippen LogP contribution in [0.4, 0.5) is 0 Å². The van der Waals surface area contributed by atoms with Gasteiger partial charge in [-0.05, 0) is 66.7 Å². The molecule has 0 atom stereocenters. The first kappa shape index (κ1) is 22.8. The van der Waals surface area contributed by atoms with Crippen molar-refractivity contribution in [1.82, 2.24) is 0 Å². The average molecular weight is 471 g/mol. The first-order valence-corrected chi connectivity index (χ1v) is 11.5. The molecule has 4 nitrogen and oxygen atoms in total. The van der Waals surface area contributed by atoms with Crippen LogP contribution < -0.4 is 9.47 Å². The van der Waals surface area contributed by atoms with Crippen LogP contribution in [0, 0.1) is 0 Å². The van der Waals surface area contributed by atoms with Crippen LogP contribution in [0.1, 0.15) is 31.8 Å². The number of ketones is 2. The van der Waals surface area contributed by atoms with Gasteiger partial charge in [0.1, 0.15) is 23.0 Å². The van der Waals surface area contributed by atoms with Gasteiger partial charge in [-0.1, -0.05) is 66.7 Å². The average Bonchev–Trinajstić information content (AvgIpc) is 2.94. The quantitative estimate of drug-likeness (QED) is 0.218. The molecule has 36 heavy (non-hydrogen) atoms. The fraction of sp³-hybridized carbons (Fsp3) is 0. The molecule has 5 rings (SSSR count). The lowest BCUT2D eigenvalue weighted by atomic mass is 9.96. The summed E-state index contributed by atoms with van der Waals surface area (Å²) in [6.45, 7) is 0. The Bertz CT molecular complexity index is 1480. The van der Waals surface area contributed by atoms with Crippen LogP contribution in [0.25, 0.3) is 0 Å². The van der Waals surface area contributed by atoms with E-state index in [9.17, 15) is 9.59 Å². The molecule has 0 radical (unpaired) electrons. The van der Waals surface area contributed by atoms with Crippen LogP contribution in [-0.2, 0) is 0 Å². The molecule has 0 aliphatic carbocycles. The van der Waals surface area contributed by atoms with Gasteiger partial charge in [0.2, 0.25) is 0 Å². The smallest absolute Gasteiger partial charge is 0.196 e. The Morgan fingerprint density at radius 1 is 0.417 bits per heavy atom. The highest BCUT2D eigenvalue weighted by Gasteiger charge is 2.19. The van der Waals surface area contributed by atoms with Gasteiger partial charge in [-0.2, -0.15) is 0 Å². The van der Waals surface area contributed by atoms with Crippen LogP contribution >= 0.6 is 0 Å². The minimum Gasteiger partial charge on any atom is -0.457 e. The van der Waals surface area contributed by atoms with E-state index < -0.39 is 0 Å². The first-order chi connectivity index (χ1) is 17.7.